The molecule has 0 amide bonds. The molecule has 0 saturated carbocycles. The smallest absolute Gasteiger partial charge is 0.231 e. The number of allylic oxidation sites excluding steroid dienone is 2. The predicted octanol–water partition coefficient (Wildman–Crippen LogP) is 2.99. The van der Waals surface area contributed by atoms with Crippen LogP contribution in [0.5, 0.6) is 0 Å². The lowest BCUT2D eigenvalue weighted by Gasteiger charge is -2.24. The molecule has 0 aliphatic rings. The van der Waals surface area contributed by atoms with Gasteiger partial charge in [-0.2, -0.15) is 0 Å². The third kappa shape index (κ3) is 5.67. The Kier molecular flexibility index (Phi) is 5.15. The van der Waals surface area contributed by atoms with E-state index in [4.69, 9.17) is 4.43 Å². The summed E-state index contributed by atoms with van der Waals surface area (Å²) in [6.07, 6.45) is 2.05. The van der Waals surface area contributed by atoms with Crippen LogP contribution < -0.4 is 0 Å². The molecule has 0 unspecified atom stereocenters. The van der Waals surface area contributed by atoms with Crippen molar-refractivity contribution in [3.8, 4) is 0 Å². The Morgan fingerprint density at radius 3 is 2.00 bits per heavy atom. The molecule has 3 heteroatoms. The number of hydrogen-bond acceptors (Lipinski definition) is 2. The van der Waals surface area contributed by atoms with Crippen LogP contribution in [-0.4, -0.2) is 28.0 Å². The maximum atomic E-state index is 5.84. The van der Waals surface area contributed by atoms with Gasteiger partial charge in [0.1, 0.15) is 0 Å². The fourth-order valence-electron chi connectivity index (χ4n) is 0.876. The summed E-state index contributed by atoms with van der Waals surface area (Å²) in [6, 6.07) is 0. The van der Waals surface area contributed by atoms with E-state index < -0.39 is 9.04 Å². The van der Waals surface area contributed by atoms with E-state index in [2.05, 4.69) is 40.4 Å². The van der Waals surface area contributed by atoms with Gasteiger partial charge in [0.05, 0.1) is 0 Å². The summed E-state index contributed by atoms with van der Waals surface area (Å²) in [5, 5.41) is 0. The van der Waals surface area contributed by atoms with Crippen molar-refractivity contribution in [2.24, 2.45) is 5.41 Å². The van der Waals surface area contributed by atoms with Gasteiger partial charge in [-0.1, -0.05) is 27.4 Å². The molecule has 0 saturated heterocycles. The van der Waals surface area contributed by atoms with Crippen LogP contribution in [-0.2, 0) is 4.43 Å². The summed E-state index contributed by atoms with van der Waals surface area (Å²) in [6.45, 7) is 14.9. The van der Waals surface area contributed by atoms with Crippen LogP contribution in [0.1, 0.15) is 20.8 Å². The first-order valence-corrected chi connectivity index (χ1v) is 8.17. The molecule has 2 nitrogen and oxygen atoms in total. The summed E-state index contributed by atoms with van der Waals surface area (Å²) in [7, 11) is 2.95. The van der Waals surface area contributed by atoms with Crippen molar-refractivity contribution in [1.82, 2.24) is 4.90 Å². The zero-order chi connectivity index (χ0) is 12.2. The van der Waals surface area contributed by atoms with Gasteiger partial charge in [-0.15, -0.1) is 0 Å². The first kappa shape index (κ1) is 14.3. The van der Waals surface area contributed by atoms with Crippen molar-refractivity contribution < 1.29 is 4.43 Å². The lowest BCUT2D eigenvalue weighted by atomic mass is 9.87. The Hall–Kier alpha value is -0.703. The van der Waals surface area contributed by atoms with Gasteiger partial charge in [0.2, 0.25) is 9.04 Å². The van der Waals surface area contributed by atoms with Crippen molar-refractivity contribution in [1.29, 1.82) is 0 Å². The molecule has 0 atom stereocenters. The molecular formula is C12H25NOSi. The molecule has 0 N–H and O–H groups in total. The van der Waals surface area contributed by atoms with Crippen molar-refractivity contribution in [2.45, 2.75) is 33.9 Å². The Balaban J connectivity index is 4.77. The second-order valence-corrected chi connectivity index (χ2v) is 7.65. The first-order chi connectivity index (χ1) is 6.64. The van der Waals surface area contributed by atoms with E-state index >= 15 is 0 Å². The lowest BCUT2D eigenvalue weighted by molar-refractivity contribution is 0.284. The summed E-state index contributed by atoms with van der Waals surface area (Å²) in [5.74, 6) is 0.927. The van der Waals surface area contributed by atoms with Crippen molar-refractivity contribution in [2.75, 3.05) is 14.1 Å². The highest BCUT2D eigenvalue weighted by atomic mass is 28.3. The molecule has 0 spiro atoms. The quantitative estimate of drug-likeness (QED) is 0.416. The molecule has 15 heavy (non-hydrogen) atoms. The number of rotatable bonds is 4. The van der Waals surface area contributed by atoms with Crippen LogP contribution in [0.4, 0.5) is 0 Å². The highest BCUT2D eigenvalue weighted by molar-refractivity contribution is 6.48. The van der Waals surface area contributed by atoms with Crippen LogP contribution in [0.25, 0.3) is 0 Å². The van der Waals surface area contributed by atoms with E-state index in [0.29, 0.717) is 0 Å². The Labute approximate surface area is 96.3 Å². The minimum atomic E-state index is -1.05. The Morgan fingerprint density at radius 1 is 1.27 bits per heavy atom. The molecular weight excluding hydrogens is 202 g/mol. The predicted molar refractivity (Wildman–Crippen MR) is 70.3 cm³/mol. The molecule has 0 aliphatic heterocycles. The second kappa shape index (κ2) is 5.40. The zero-order valence-electron chi connectivity index (χ0n) is 11.2. The topological polar surface area (TPSA) is 12.5 Å². The molecule has 0 aromatic rings. The Morgan fingerprint density at radius 2 is 1.73 bits per heavy atom. The minimum Gasteiger partial charge on any atom is -0.535 e. The van der Waals surface area contributed by atoms with E-state index in [1.54, 1.807) is 0 Å². The molecule has 0 heterocycles. The van der Waals surface area contributed by atoms with Crippen LogP contribution in [0, 0.1) is 5.41 Å². The molecule has 0 radical (unpaired) electrons. The van der Waals surface area contributed by atoms with Gasteiger partial charge >= 0.3 is 0 Å². The first-order valence-electron chi connectivity index (χ1n) is 5.39. The Bertz CT molecular complexity index is 249. The van der Waals surface area contributed by atoms with Gasteiger partial charge in [-0.3, -0.25) is 0 Å². The third-order valence-electron chi connectivity index (χ3n) is 2.06. The van der Waals surface area contributed by atoms with Gasteiger partial charge in [0.15, 0.2) is 5.88 Å². The second-order valence-electron chi connectivity index (χ2n) is 5.32. The van der Waals surface area contributed by atoms with E-state index in [1.165, 1.54) is 0 Å². The zero-order valence-corrected chi connectivity index (χ0v) is 12.4. The highest BCUT2D eigenvalue weighted by Crippen LogP contribution is 2.26. The number of nitrogens with zero attached hydrogens (tertiary/aromatic N) is 1. The van der Waals surface area contributed by atoms with E-state index in [9.17, 15) is 0 Å². The van der Waals surface area contributed by atoms with Crippen LogP contribution >= 0.6 is 0 Å². The highest BCUT2D eigenvalue weighted by Gasteiger charge is 2.15. The van der Waals surface area contributed by atoms with E-state index in [0.717, 1.165) is 11.5 Å². The van der Waals surface area contributed by atoms with E-state index in [-0.39, 0.29) is 5.41 Å². The fraction of sp³-hybridized carbons (Fsp3) is 0.667. The standard InChI is InChI=1S/C12H25NOSi/c1-10(12(2,3)4)9-11(13(5)6)14-15(7)8/h9,15H,1H2,2-8H3. The fourth-order valence-corrected chi connectivity index (χ4v) is 1.64. The maximum absolute atomic E-state index is 5.84. The molecule has 0 rings (SSSR count). The van der Waals surface area contributed by atoms with Crippen LogP contribution in [0.15, 0.2) is 24.1 Å². The lowest BCUT2D eigenvalue weighted by Crippen LogP contribution is -2.20. The monoisotopic (exact) mass is 227 g/mol. The molecule has 0 bridgehead atoms. The minimum absolute atomic E-state index is 0.100. The third-order valence-corrected chi connectivity index (χ3v) is 2.77. The number of hydrogen-bond donors (Lipinski definition) is 0. The molecule has 0 fully saturated rings. The van der Waals surface area contributed by atoms with Gasteiger partial charge < -0.3 is 9.33 Å². The molecule has 0 aromatic carbocycles. The summed E-state index contributed by atoms with van der Waals surface area (Å²) >= 11 is 0. The molecule has 0 aliphatic carbocycles. The van der Waals surface area contributed by atoms with Crippen LogP contribution in [0.3, 0.4) is 0 Å². The van der Waals surface area contributed by atoms with E-state index in [1.807, 2.05) is 25.1 Å². The van der Waals surface area contributed by atoms with Gasteiger partial charge in [-0.05, 0) is 30.2 Å². The summed E-state index contributed by atoms with van der Waals surface area (Å²) in [5.41, 5.74) is 1.20. The maximum Gasteiger partial charge on any atom is 0.231 e. The molecule has 88 valence electrons. The SMILES string of the molecule is C=C(C=C(O[SiH](C)C)N(C)C)C(C)(C)C. The average molecular weight is 227 g/mol. The van der Waals surface area contributed by atoms with Crippen LogP contribution in [0.2, 0.25) is 13.1 Å². The van der Waals surface area contributed by atoms with Crippen molar-refractivity contribution >= 4 is 9.04 Å². The average Bonchev–Trinajstić information content (AvgIpc) is 1.99. The van der Waals surface area contributed by atoms with Gasteiger partial charge in [-0.25, -0.2) is 0 Å². The largest absolute Gasteiger partial charge is 0.535 e. The van der Waals surface area contributed by atoms with Crippen molar-refractivity contribution in [3.63, 3.8) is 0 Å². The summed E-state index contributed by atoms with van der Waals surface area (Å²) < 4.78 is 5.84. The van der Waals surface area contributed by atoms with Gasteiger partial charge in [0.25, 0.3) is 0 Å². The normalized spacial score (nSPS) is 12.9. The molecule has 0 aromatic heterocycles. The summed E-state index contributed by atoms with van der Waals surface area (Å²) in [4.78, 5) is 2.00. The van der Waals surface area contributed by atoms with Gasteiger partial charge in [0, 0.05) is 14.1 Å². The van der Waals surface area contributed by atoms with Crippen molar-refractivity contribution in [3.05, 3.63) is 24.1 Å².